The second kappa shape index (κ2) is 6.77. The maximum absolute atomic E-state index is 12.9. The van der Waals surface area contributed by atoms with Crippen LogP contribution in [-0.2, 0) is 10.0 Å². The Labute approximate surface area is 127 Å². The summed E-state index contributed by atoms with van der Waals surface area (Å²) in [6.07, 6.45) is 2.93. The molecule has 2 unspecified atom stereocenters. The van der Waals surface area contributed by atoms with Gasteiger partial charge in [0.2, 0.25) is 10.0 Å². The normalized spacial score (nSPS) is 22.7. The van der Waals surface area contributed by atoms with E-state index in [0.717, 1.165) is 19.3 Å². The molecule has 5 nitrogen and oxygen atoms in total. The van der Waals surface area contributed by atoms with E-state index in [1.807, 2.05) is 6.92 Å². The zero-order valence-corrected chi connectivity index (χ0v) is 13.5. The summed E-state index contributed by atoms with van der Waals surface area (Å²) in [5, 5.41) is 0. The molecule has 1 saturated carbocycles. The minimum absolute atomic E-state index is 0.0104. The second-order valence-electron chi connectivity index (χ2n) is 5.38. The van der Waals surface area contributed by atoms with Gasteiger partial charge in [-0.2, -0.15) is 4.31 Å². The van der Waals surface area contributed by atoms with Crippen LogP contribution in [0.15, 0.2) is 29.2 Å². The van der Waals surface area contributed by atoms with Gasteiger partial charge in [-0.15, -0.1) is 0 Å². The van der Waals surface area contributed by atoms with Crippen LogP contribution in [0.5, 0.6) is 5.75 Å². The Morgan fingerprint density at radius 1 is 1.38 bits per heavy atom. The van der Waals surface area contributed by atoms with Crippen molar-refractivity contribution in [3.63, 3.8) is 0 Å². The Kier molecular flexibility index (Phi) is 5.24. The Morgan fingerprint density at radius 2 is 2.14 bits per heavy atom. The van der Waals surface area contributed by atoms with Crippen LogP contribution >= 0.6 is 0 Å². The number of methoxy groups -OCH3 is 1. The van der Waals surface area contributed by atoms with Gasteiger partial charge in [-0.3, -0.25) is 0 Å². The van der Waals surface area contributed by atoms with E-state index in [0.29, 0.717) is 18.8 Å². The molecule has 1 aliphatic carbocycles. The zero-order valence-electron chi connectivity index (χ0n) is 12.7. The number of ether oxygens (including phenoxy) is 1. The predicted octanol–water partition coefficient (Wildman–Crippen LogP) is 1.83. The first-order valence-corrected chi connectivity index (χ1v) is 8.84. The van der Waals surface area contributed by atoms with Crippen LogP contribution in [0.25, 0.3) is 0 Å². The van der Waals surface area contributed by atoms with Gasteiger partial charge in [-0.25, -0.2) is 8.42 Å². The fraction of sp³-hybridized carbons (Fsp3) is 0.600. The molecule has 0 aromatic heterocycles. The Hall–Kier alpha value is -1.11. The van der Waals surface area contributed by atoms with Crippen molar-refractivity contribution >= 4 is 10.0 Å². The summed E-state index contributed by atoms with van der Waals surface area (Å²) in [6.45, 7) is 2.87. The van der Waals surface area contributed by atoms with Crippen LogP contribution in [0.1, 0.15) is 26.2 Å². The minimum Gasteiger partial charge on any atom is -0.497 e. The van der Waals surface area contributed by atoms with E-state index in [-0.39, 0.29) is 16.9 Å². The number of hydrogen-bond acceptors (Lipinski definition) is 4. The van der Waals surface area contributed by atoms with Gasteiger partial charge in [0, 0.05) is 18.7 Å². The van der Waals surface area contributed by atoms with Crippen molar-refractivity contribution in [2.24, 2.45) is 11.7 Å². The number of sulfonamides is 1. The third-order valence-corrected chi connectivity index (χ3v) is 6.25. The van der Waals surface area contributed by atoms with Gasteiger partial charge in [0.05, 0.1) is 12.0 Å². The number of hydrogen-bond donors (Lipinski definition) is 1. The molecule has 118 valence electrons. The SMILES string of the molecule is CCN(C1CCCC1CN)S(=O)(=O)c1cccc(OC)c1. The smallest absolute Gasteiger partial charge is 0.243 e. The molecule has 1 fully saturated rings. The molecule has 0 radical (unpaired) electrons. The van der Waals surface area contributed by atoms with Crippen molar-refractivity contribution < 1.29 is 13.2 Å². The van der Waals surface area contributed by atoms with Crippen molar-refractivity contribution in [2.75, 3.05) is 20.2 Å². The van der Waals surface area contributed by atoms with Gasteiger partial charge in [-0.1, -0.05) is 19.4 Å². The fourth-order valence-corrected chi connectivity index (χ4v) is 4.91. The molecule has 1 aliphatic rings. The van der Waals surface area contributed by atoms with E-state index in [1.165, 1.54) is 7.11 Å². The van der Waals surface area contributed by atoms with Crippen molar-refractivity contribution in [3.05, 3.63) is 24.3 Å². The number of benzene rings is 1. The molecule has 0 bridgehead atoms. The van der Waals surface area contributed by atoms with E-state index in [4.69, 9.17) is 10.5 Å². The molecule has 0 amide bonds. The van der Waals surface area contributed by atoms with Gasteiger partial charge >= 0.3 is 0 Å². The van der Waals surface area contributed by atoms with Gasteiger partial charge < -0.3 is 10.5 Å². The molecular weight excluding hydrogens is 288 g/mol. The molecule has 6 heteroatoms. The van der Waals surface area contributed by atoms with Gasteiger partial charge in [0.1, 0.15) is 5.75 Å². The van der Waals surface area contributed by atoms with E-state index in [1.54, 1.807) is 28.6 Å². The fourth-order valence-electron chi connectivity index (χ4n) is 3.15. The summed E-state index contributed by atoms with van der Waals surface area (Å²) in [4.78, 5) is 0.284. The van der Waals surface area contributed by atoms with Crippen LogP contribution in [0.2, 0.25) is 0 Å². The van der Waals surface area contributed by atoms with E-state index >= 15 is 0 Å². The average Bonchev–Trinajstić information content (AvgIpc) is 2.96. The van der Waals surface area contributed by atoms with E-state index in [2.05, 4.69) is 0 Å². The highest BCUT2D eigenvalue weighted by Crippen LogP contribution is 2.33. The van der Waals surface area contributed by atoms with Crippen molar-refractivity contribution in [1.29, 1.82) is 0 Å². The molecule has 1 aromatic carbocycles. The first-order chi connectivity index (χ1) is 10.0. The second-order valence-corrected chi connectivity index (χ2v) is 7.27. The molecular formula is C15H24N2O3S. The zero-order chi connectivity index (χ0) is 15.5. The lowest BCUT2D eigenvalue weighted by molar-refractivity contribution is 0.276. The molecule has 21 heavy (non-hydrogen) atoms. The standard InChI is InChI=1S/C15H24N2O3S/c1-3-17(15-9-4-6-12(15)11-16)21(18,19)14-8-5-7-13(10-14)20-2/h5,7-8,10,12,15H,3-4,6,9,11,16H2,1-2H3. The third kappa shape index (κ3) is 3.22. The first kappa shape index (κ1) is 16.3. The topological polar surface area (TPSA) is 72.6 Å². The lowest BCUT2D eigenvalue weighted by Crippen LogP contribution is -2.43. The Balaban J connectivity index is 2.35. The Bertz CT molecular complexity index is 574. The highest BCUT2D eigenvalue weighted by atomic mass is 32.2. The van der Waals surface area contributed by atoms with Crippen LogP contribution in [0, 0.1) is 5.92 Å². The monoisotopic (exact) mass is 312 g/mol. The summed E-state index contributed by atoms with van der Waals surface area (Å²) in [7, 11) is -1.98. The molecule has 0 saturated heterocycles. The van der Waals surface area contributed by atoms with Crippen LogP contribution < -0.4 is 10.5 Å². The summed E-state index contributed by atoms with van der Waals surface area (Å²) >= 11 is 0. The van der Waals surface area contributed by atoms with Gasteiger partial charge in [0.25, 0.3) is 0 Å². The molecule has 2 rings (SSSR count). The highest BCUT2D eigenvalue weighted by Gasteiger charge is 2.37. The molecule has 2 atom stereocenters. The summed E-state index contributed by atoms with van der Waals surface area (Å²) in [6, 6.07) is 6.65. The number of nitrogens with two attached hydrogens (primary N) is 1. The van der Waals surface area contributed by atoms with Crippen molar-refractivity contribution in [2.45, 2.75) is 37.1 Å². The lowest BCUT2D eigenvalue weighted by Gasteiger charge is -2.31. The Morgan fingerprint density at radius 3 is 2.76 bits per heavy atom. The predicted molar refractivity (Wildman–Crippen MR) is 82.7 cm³/mol. The van der Waals surface area contributed by atoms with Crippen molar-refractivity contribution in [3.8, 4) is 5.75 Å². The number of nitrogens with zero attached hydrogens (tertiary/aromatic N) is 1. The van der Waals surface area contributed by atoms with E-state index < -0.39 is 10.0 Å². The summed E-state index contributed by atoms with van der Waals surface area (Å²) in [5.74, 6) is 0.805. The van der Waals surface area contributed by atoms with E-state index in [9.17, 15) is 8.42 Å². The van der Waals surface area contributed by atoms with Gasteiger partial charge in [0.15, 0.2) is 0 Å². The maximum Gasteiger partial charge on any atom is 0.243 e. The number of rotatable bonds is 6. The third-order valence-electron chi connectivity index (χ3n) is 4.25. The molecule has 0 heterocycles. The van der Waals surface area contributed by atoms with Crippen LogP contribution in [0.4, 0.5) is 0 Å². The maximum atomic E-state index is 12.9. The largest absolute Gasteiger partial charge is 0.497 e. The molecule has 2 N–H and O–H groups in total. The quantitative estimate of drug-likeness (QED) is 0.870. The lowest BCUT2D eigenvalue weighted by atomic mass is 10.0. The minimum atomic E-state index is -3.51. The molecule has 0 aliphatic heterocycles. The highest BCUT2D eigenvalue weighted by molar-refractivity contribution is 7.89. The van der Waals surface area contributed by atoms with Crippen molar-refractivity contribution in [1.82, 2.24) is 4.31 Å². The van der Waals surface area contributed by atoms with Crippen LogP contribution in [0.3, 0.4) is 0 Å². The summed E-state index contributed by atoms with van der Waals surface area (Å²) in [5.41, 5.74) is 5.80. The summed E-state index contributed by atoms with van der Waals surface area (Å²) < 4.78 is 32.6. The van der Waals surface area contributed by atoms with Gasteiger partial charge in [-0.05, 0) is 37.4 Å². The van der Waals surface area contributed by atoms with Crippen LogP contribution in [-0.4, -0.2) is 39.0 Å². The molecule has 0 spiro atoms. The molecule has 1 aromatic rings. The first-order valence-electron chi connectivity index (χ1n) is 7.40. The average molecular weight is 312 g/mol.